The standard InChI is InChI=1S/2C26H53NO4/c2*1-3-5-7-8-9-10-11-12-13-14-15-16-18-20-25(30)24(22-28)27-26(31)21-23(29)19-17-6-4-2/h2*23-25,28-30H,3-22H2,1-2H3,(H,27,31)/t23?,24-,25+;23-,24-,25+/m00/s1. The molecule has 0 heterocycles. The lowest BCUT2D eigenvalue weighted by atomic mass is 10.0. The summed E-state index contributed by atoms with van der Waals surface area (Å²) in [6, 6.07) is -1.29. The lowest BCUT2D eigenvalue weighted by Gasteiger charge is -2.23. The summed E-state index contributed by atoms with van der Waals surface area (Å²) >= 11 is 0. The molecule has 0 saturated heterocycles. The summed E-state index contributed by atoms with van der Waals surface area (Å²) in [6.45, 7) is 8.15. The van der Waals surface area contributed by atoms with Gasteiger partial charge in [-0.2, -0.15) is 0 Å². The number of aliphatic hydroxyl groups is 6. The number of unbranched alkanes of at least 4 members (excludes halogenated alkanes) is 28. The highest BCUT2D eigenvalue weighted by molar-refractivity contribution is 5.77. The Kier molecular flexibility index (Phi) is 49.8. The zero-order valence-corrected chi connectivity index (χ0v) is 41.2. The molecule has 1 unspecified atom stereocenters. The van der Waals surface area contributed by atoms with Crippen molar-refractivity contribution in [1.29, 1.82) is 0 Å². The Morgan fingerprint density at radius 3 is 0.790 bits per heavy atom. The van der Waals surface area contributed by atoms with E-state index >= 15 is 0 Å². The predicted octanol–water partition coefficient (Wildman–Crippen LogP) is 11.3. The summed E-state index contributed by atoms with van der Waals surface area (Å²) in [5.74, 6) is -0.597. The van der Waals surface area contributed by atoms with Gasteiger partial charge in [0.05, 0.1) is 62.6 Å². The van der Waals surface area contributed by atoms with Crippen LogP contribution in [0.25, 0.3) is 0 Å². The molecule has 10 heteroatoms. The predicted molar refractivity (Wildman–Crippen MR) is 260 cm³/mol. The Bertz CT molecular complexity index is 855. The minimum atomic E-state index is -0.737. The van der Waals surface area contributed by atoms with Crippen LogP contribution < -0.4 is 10.6 Å². The first-order chi connectivity index (χ1) is 30.1. The molecule has 10 nitrogen and oxygen atoms in total. The van der Waals surface area contributed by atoms with Gasteiger partial charge in [-0.25, -0.2) is 0 Å². The zero-order valence-electron chi connectivity index (χ0n) is 41.2. The average molecular weight is 887 g/mol. The van der Waals surface area contributed by atoms with E-state index in [9.17, 15) is 40.2 Å². The Hall–Kier alpha value is -1.30. The van der Waals surface area contributed by atoms with E-state index < -0.39 is 36.5 Å². The first-order valence-corrected chi connectivity index (χ1v) is 26.6. The number of carbonyl (C=O) groups excluding carboxylic acids is 2. The second kappa shape index (κ2) is 49.1. The molecular weight excluding hydrogens is 781 g/mol. The van der Waals surface area contributed by atoms with Crippen molar-refractivity contribution in [1.82, 2.24) is 10.6 Å². The van der Waals surface area contributed by atoms with Crippen molar-refractivity contribution in [2.45, 2.75) is 308 Å². The second-order valence-corrected chi connectivity index (χ2v) is 18.6. The van der Waals surface area contributed by atoms with E-state index in [4.69, 9.17) is 0 Å². The number of nitrogens with one attached hydrogen (secondary N) is 2. The van der Waals surface area contributed by atoms with E-state index in [-0.39, 0.29) is 37.9 Å². The van der Waals surface area contributed by atoms with E-state index in [0.717, 1.165) is 64.2 Å². The molecular formula is C52H106N2O8. The van der Waals surface area contributed by atoms with Crippen LogP contribution >= 0.6 is 0 Å². The number of hydrogen-bond donors (Lipinski definition) is 8. The number of carbonyl (C=O) groups is 2. The third-order valence-electron chi connectivity index (χ3n) is 12.3. The van der Waals surface area contributed by atoms with Crippen LogP contribution in [0, 0.1) is 0 Å². The summed E-state index contributed by atoms with van der Waals surface area (Å²) in [5.41, 5.74) is 0. The fourth-order valence-electron chi connectivity index (χ4n) is 8.10. The first-order valence-electron chi connectivity index (χ1n) is 26.6. The molecule has 0 aliphatic carbocycles. The Morgan fingerprint density at radius 2 is 0.548 bits per heavy atom. The van der Waals surface area contributed by atoms with Crippen molar-refractivity contribution in [3.63, 3.8) is 0 Å². The fraction of sp³-hybridized carbons (Fsp3) is 0.962. The van der Waals surface area contributed by atoms with Crippen LogP contribution in [0.2, 0.25) is 0 Å². The van der Waals surface area contributed by atoms with Crippen molar-refractivity contribution in [3.05, 3.63) is 0 Å². The van der Waals surface area contributed by atoms with E-state index in [2.05, 4.69) is 38.3 Å². The SMILES string of the molecule is CCCCCCCCCCCCCCC[C@@H](O)[C@H](CO)NC(=O)CC(O)CCCCC.CCCCCCCCCCCCCCC[C@@H](O)[C@H](CO)NC(=O)C[C@@H](O)CCCCC. The van der Waals surface area contributed by atoms with Crippen LogP contribution in [0.4, 0.5) is 0 Å². The number of amides is 2. The van der Waals surface area contributed by atoms with Gasteiger partial charge >= 0.3 is 0 Å². The molecule has 0 rings (SSSR count). The molecule has 2 amide bonds. The maximum Gasteiger partial charge on any atom is 0.222 e. The van der Waals surface area contributed by atoms with Gasteiger partial charge in [-0.1, -0.05) is 233 Å². The van der Waals surface area contributed by atoms with Crippen LogP contribution in [-0.2, 0) is 9.59 Å². The van der Waals surface area contributed by atoms with Crippen LogP contribution in [0.5, 0.6) is 0 Å². The maximum atomic E-state index is 12.1. The van der Waals surface area contributed by atoms with Gasteiger partial charge in [0.2, 0.25) is 11.8 Å². The third kappa shape index (κ3) is 43.9. The first kappa shape index (κ1) is 62.8. The molecule has 0 aliphatic heterocycles. The van der Waals surface area contributed by atoms with E-state index in [1.54, 1.807) is 0 Å². The molecule has 0 bridgehead atoms. The summed E-state index contributed by atoms with van der Waals surface area (Å²) in [7, 11) is 0. The van der Waals surface area contributed by atoms with Crippen molar-refractivity contribution in [3.8, 4) is 0 Å². The van der Waals surface area contributed by atoms with Crippen LogP contribution in [-0.4, -0.2) is 92.2 Å². The fourth-order valence-corrected chi connectivity index (χ4v) is 8.10. The van der Waals surface area contributed by atoms with Gasteiger partial charge < -0.3 is 41.3 Å². The van der Waals surface area contributed by atoms with Gasteiger partial charge in [0, 0.05) is 0 Å². The normalized spacial score (nSPS) is 14.4. The Morgan fingerprint density at radius 1 is 0.339 bits per heavy atom. The van der Waals surface area contributed by atoms with Gasteiger partial charge in [0.15, 0.2) is 0 Å². The van der Waals surface area contributed by atoms with Crippen LogP contribution in [0.15, 0.2) is 0 Å². The van der Waals surface area contributed by atoms with Crippen molar-refractivity contribution < 1.29 is 40.2 Å². The third-order valence-corrected chi connectivity index (χ3v) is 12.3. The van der Waals surface area contributed by atoms with Gasteiger partial charge in [0.1, 0.15) is 0 Å². The molecule has 8 N–H and O–H groups in total. The molecule has 0 aromatic heterocycles. The van der Waals surface area contributed by atoms with Gasteiger partial charge in [-0.15, -0.1) is 0 Å². The highest BCUT2D eigenvalue weighted by Gasteiger charge is 2.23. The number of rotatable bonds is 46. The Labute approximate surface area is 383 Å². The average Bonchev–Trinajstić information content (AvgIpc) is 3.25. The topological polar surface area (TPSA) is 180 Å². The van der Waals surface area contributed by atoms with Crippen LogP contribution in [0.3, 0.4) is 0 Å². The van der Waals surface area contributed by atoms with Gasteiger partial charge in [-0.3, -0.25) is 9.59 Å². The second-order valence-electron chi connectivity index (χ2n) is 18.6. The summed E-state index contributed by atoms with van der Waals surface area (Å²) < 4.78 is 0. The molecule has 372 valence electrons. The highest BCUT2D eigenvalue weighted by atomic mass is 16.3. The van der Waals surface area contributed by atoms with Gasteiger partial charge in [-0.05, 0) is 25.7 Å². The largest absolute Gasteiger partial charge is 0.394 e. The molecule has 0 radical (unpaired) electrons. The van der Waals surface area contributed by atoms with E-state index in [1.807, 2.05) is 0 Å². The van der Waals surface area contributed by atoms with Crippen LogP contribution in [0.1, 0.15) is 272 Å². The quantitative estimate of drug-likeness (QED) is 0.0278. The molecule has 0 spiro atoms. The highest BCUT2D eigenvalue weighted by Crippen LogP contribution is 2.17. The number of hydrogen-bond acceptors (Lipinski definition) is 8. The number of aliphatic hydroxyl groups excluding tert-OH is 6. The smallest absolute Gasteiger partial charge is 0.222 e. The van der Waals surface area contributed by atoms with E-state index in [1.165, 1.54) is 141 Å². The van der Waals surface area contributed by atoms with Crippen molar-refractivity contribution in [2.24, 2.45) is 0 Å². The molecule has 0 fully saturated rings. The minimum absolute atomic E-state index is 0.0334. The van der Waals surface area contributed by atoms with Crippen molar-refractivity contribution in [2.75, 3.05) is 13.2 Å². The lowest BCUT2D eigenvalue weighted by Crippen LogP contribution is -2.46. The molecule has 6 atom stereocenters. The monoisotopic (exact) mass is 887 g/mol. The molecule has 0 aliphatic rings. The molecule has 62 heavy (non-hydrogen) atoms. The van der Waals surface area contributed by atoms with E-state index in [0.29, 0.717) is 25.7 Å². The lowest BCUT2D eigenvalue weighted by molar-refractivity contribution is -0.126. The summed E-state index contributed by atoms with van der Waals surface area (Å²) in [4.78, 5) is 24.1. The molecule has 0 aromatic rings. The maximum absolute atomic E-state index is 12.1. The zero-order chi connectivity index (χ0) is 46.3. The molecule has 0 saturated carbocycles. The summed E-state index contributed by atoms with van der Waals surface area (Å²) in [6.07, 6.45) is 39.1. The molecule has 0 aromatic carbocycles. The van der Waals surface area contributed by atoms with Gasteiger partial charge in [0.25, 0.3) is 0 Å². The van der Waals surface area contributed by atoms with Crippen molar-refractivity contribution >= 4 is 11.8 Å². The Balaban J connectivity index is 0. The summed E-state index contributed by atoms with van der Waals surface area (Å²) in [5, 5.41) is 64.9. The minimum Gasteiger partial charge on any atom is -0.394 e.